The molecule has 0 aliphatic carbocycles. The first-order valence-electron chi connectivity index (χ1n) is 19.3. The van der Waals surface area contributed by atoms with Gasteiger partial charge in [-0.15, -0.1) is 0 Å². The van der Waals surface area contributed by atoms with E-state index in [4.69, 9.17) is 0 Å². The molecule has 0 fully saturated rings. The molecule has 11 aromatic rings. The van der Waals surface area contributed by atoms with Gasteiger partial charge in [-0.2, -0.15) is 0 Å². The Hall–Kier alpha value is -7.42. The van der Waals surface area contributed by atoms with Crippen LogP contribution in [0.2, 0.25) is 0 Å². The van der Waals surface area contributed by atoms with E-state index in [2.05, 4.69) is 228 Å². The Kier molecular flexibility index (Phi) is 7.53. The van der Waals surface area contributed by atoms with E-state index in [0.717, 1.165) is 22.7 Å². The summed E-state index contributed by atoms with van der Waals surface area (Å²) in [6, 6.07) is 79.5. The molecule has 2 nitrogen and oxygen atoms in total. The molecule has 0 saturated carbocycles. The predicted octanol–water partition coefficient (Wildman–Crippen LogP) is 15.0. The van der Waals surface area contributed by atoms with Gasteiger partial charge in [0, 0.05) is 27.8 Å². The van der Waals surface area contributed by atoms with Gasteiger partial charge in [0.05, 0.1) is 16.7 Å². The van der Waals surface area contributed by atoms with Crippen LogP contribution < -0.4 is 4.90 Å². The molecule has 1 heterocycles. The minimum atomic E-state index is 1.09. The van der Waals surface area contributed by atoms with Gasteiger partial charge in [0.1, 0.15) is 0 Å². The van der Waals surface area contributed by atoms with Crippen LogP contribution in [0, 0.1) is 0 Å². The number of nitrogens with zero attached hydrogens (tertiary/aromatic N) is 2. The van der Waals surface area contributed by atoms with Crippen LogP contribution in [0.5, 0.6) is 0 Å². The van der Waals surface area contributed by atoms with Crippen molar-refractivity contribution in [2.24, 2.45) is 0 Å². The second-order valence-corrected chi connectivity index (χ2v) is 14.5. The first kappa shape index (κ1) is 32.0. The van der Waals surface area contributed by atoms with E-state index >= 15 is 0 Å². The largest absolute Gasteiger partial charge is 0.308 e. The summed E-state index contributed by atoms with van der Waals surface area (Å²) in [6.45, 7) is 0. The van der Waals surface area contributed by atoms with Gasteiger partial charge in [-0.05, 0) is 109 Å². The van der Waals surface area contributed by atoms with Crippen molar-refractivity contribution in [1.29, 1.82) is 0 Å². The number of hydrogen-bond donors (Lipinski definition) is 0. The quantitative estimate of drug-likeness (QED) is 0.156. The van der Waals surface area contributed by atoms with Crippen LogP contribution >= 0.6 is 0 Å². The van der Waals surface area contributed by atoms with Crippen LogP contribution in [0.3, 0.4) is 0 Å². The molecule has 2 heteroatoms. The number of fused-ring (bicyclic) bond motifs is 8. The van der Waals surface area contributed by atoms with Gasteiger partial charge in [0.2, 0.25) is 0 Å². The third-order valence-electron chi connectivity index (χ3n) is 11.3. The van der Waals surface area contributed by atoms with Crippen LogP contribution in [0.15, 0.2) is 218 Å². The van der Waals surface area contributed by atoms with Crippen molar-refractivity contribution in [1.82, 2.24) is 4.57 Å². The van der Waals surface area contributed by atoms with E-state index < -0.39 is 0 Å². The summed E-state index contributed by atoms with van der Waals surface area (Å²) in [5, 5.41) is 10.1. The summed E-state index contributed by atoms with van der Waals surface area (Å²) in [7, 11) is 0. The molecular formula is C54H36N2. The first-order valence-corrected chi connectivity index (χ1v) is 19.3. The van der Waals surface area contributed by atoms with Crippen molar-refractivity contribution in [2.75, 3.05) is 4.90 Å². The van der Waals surface area contributed by atoms with E-state index in [1.807, 2.05) is 0 Å². The van der Waals surface area contributed by atoms with Crippen molar-refractivity contribution in [3.8, 4) is 27.9 Å². The average molecular weight is 713 g/mol. The predicted molar refractivity (Wildman–Crippen MR) is 239 cm³/mol. The molecule has 10 aromatic carbocycles. The number of anilines is 3. The molecule has 0 bridgehead atoms. The molecule has 11 rings (SSSR count). The molecule has 56 heavy (non-hydrogen) atoms. The maximum atomic E-state index is 2.43. The molecule has 0 spiro atoms. The lowest BCUT2D eigenvalue weighted by Crippen LogP contribution is -2.11. The molecule has 1 aromatic heterocycles. The van der Waals surface area contributed by atoms with Gasteiger partial charge in [0.15, 0.2) is 0 Å². The number of benzene rings is 10. The minimum Gasteiger partial charge on any atom is -0.308 e. The maximum absolute atomic E-state index is 2.43. The second kappa shape index (κ2) is 13.2. The fraction of sp³-hybridized carbons (Fsp3) is 0. The van der Waals surface area contributed by atoms with E-state index in [1.165, 1.54) is 76.4 Å². The maximum Gasteiger partial charge on any atom is 0.0782 e. The van der Waals surface area contributed by atoms with Gasteiger partial charge in [0.25, 0.3) is 0 Å². The average Bonchev–Trinajstić information content (AvgIpc) is 3.62. The van der Waals surface area contributed by atoms with Gasteiger partial charge >= 0.3 is 0 Å². The highest BCUT2D eigenvalue weighted by atomic mass is 15.2. The van der Waals surface area contributed by atoms with Crippen molar-refractivity contribution in [3.05, 3.63) is 218 Å². The van der Waals surface area contributed by atoms with E-state index in [1.54, 1.807) is 0 Å². The van der Waals surface area contributed by atoms with Crippen LogP contribution in [0.1, 0.15) is 0 Å². The first-order chi connectivity index (χ1) is 27.8. The topological polar surface area (TPSA) is 8.17 Å². The van der Waals surface area contributed by atoms with E-state index in [9.17, 15) is 0 Å². The zero-order valence-electron chi connectivity index (χ0n) is 30.7. The van der Waals surface area contributed by atoms with Crippen molar-refractivity contribution >= 4 is 71.2 Å². The molecule has 0 aliphatic heterocycles. The monoisotopic (exact) mass is 712 g/mol. The van der Waals surface area contributed by atoms with Crippen LogP contribution in [0.4, 0.5) is 17.1 Å². The Labute approximate surface area is 325 Å². The van der Waals surface area contributed by atoms with E-state index in [0.29, 0.717) is 0 Å². The Morgan fingerprint density at radius 1 is 0.304 bits per heavy atom. The summed E-state index contributed by atoms with van der Waals surface area (Å²) < 4.78 is 2.42. The minimum absolute atomic E-state index is 1.09. The molecule has 0 unspecified atom stereocenters. The number of rotatable bonds is 6. The van der Waals surface area contributed by atoms with Gasteiger partial charge in [-0.25, -0.2) is 0 Å². The van der Waals surface area contributed by atoms with Crippen LogP contribution in [-0.2, 0) is 0 Å². The van der Waals surface area contributed by atoms with Gasteiger partial charge in [-0.3, -0.25) is 0 Å². The summed E-state index contributed by atoms with van der Waals surface area (Å²) in [5.74, 6) is 0. The smallest absolute Gasteiger partial charge is 0.0782 e. The molecule has 0 saturated heterocycles. The zero-order valence-corrected chi connectivity index (χ0v) is 30.7. The Morgan fingerprint density at radius 3 is 1.70 bits per heavy atom. The third kappa shape index (κ3) is 5.26. The SMILES string of the molecule is c1ccc(-c2cccc(N(c3ccc(-c4ccc5ccc6c7ccccc7ccc6c5c4)cc3)c3cccc4c5ccccc5n(-c5ccccc5)c34)c2)cc1. The summed E-state index contributed by atoms with van der Waals surface area (Å²) >= 11 is 0. The molecule has 0 N–H and O–H groups in total. The Morgan fingerprint density at radius 2 is 0.875 bits per heavy atom. The lowest BCUT2D eigenvalue weighted by molar-refractivity contribution is 1.17. The zero-order chi connectivity index (χ0) is 37.0. The normalized spacial score (nSPS) is 11.6. The van der Waals surface area contributed by atoms with Crippen LogP contribution in [-0.4, -0.2) is 4.57 Å². The Bertz CT molecular complexity index is 3230. The van der Waals surface area contributed by atoms with Crippen LogP contribution in [0.25, 0.3) is 82.1 Å². The van der Waals surface area contributed by atoms with Crippen molar-refractivity contribution in [3.63, 3.8) is 0 Å². The van der Waals surface area contributed by atoms with Gasteiger partial charge in [-0.1, -0.05) is 164 Å². The highest BCUT2D eigenvalue weighted by Crippen LogP contribution is 2.44. The van der Waals surface area contributed by atoms with Crippen molar-refractivity contribution < 1.29 is 0 Å². The summed E-state index contributed by atoms with van der Waals surface area (Å²) in [4.78, 5) is 2.43. The van der Waals surface area contributed by atoms with E-state index in [-0.39, 0.29) is 0 Å². The third-order valence-corrected chi connectivity index (χ3v) is 11.3. The number of para-hydroxylation sites is 3. The Balaban J connectivity index is 1.10. The molecule has 0 radical (unpaired) electrons. The summed E-state index contributed by atoms with van der Waals surface area (Å²) in [5.41, 5.74) is 11.6. The summed E-state index contributed by atoms with van der Waals surface area (Å²) in [6.07, 6.45) is 0. The lowest BCUT2D eigenvalue weighted by atomic mass is 9.94. The standard InChI is InChI=1S/C54H36N2/c1-3-13-37(14-4-1)41-16-11-19-45(35-41)55(53-24-12-22-50-49-21-9-10-23-52(49)56(54(50)53)43-17-5-2-6-18-43)44-31-27-38(28-32-44)42-26-25-40-30-33-47-46-20-8-7-15-39(46)29-34-48(47)51(40)36-42/h1-36H. The number of aromatic nitrogens is 1. The highest BCUT2D eigenvalue weighted by Gasteiger charge is 2.22. The number of hydrogen-bond acceptors (Lipinski definition) is 1. The van der Waals surface area contributed by atoms with Gasteiger partial charge < -0.3 is 9.47 Å². The fourth-order valence-corrected chi connectivity index (χ4v) is 8.71. The molecule has 0 atom stereocenters. The molecule has 0 amide bonds. The molecular weight excluding hydrogens is 677 g/mol. The highest BCUT2D eigenvalue weighted by molar-refractivity contribution is 6.18. The lowest BCUT2D eigenvalue weighted by Gasteiger charge is -2.28. The molecule has 0 aliphatic rings. The second-order valence-electron chi connectivity index (χ2n) is 14.5. The molecule has 262 valence electrons. The van der Waals surface area contributed by atoms with Crippen molar-refractivity contribution in [2.45, 2.75) is 0 Å². The fourth-order valence-electron chi connectivity index (χ4n) is 8.71.